The number of nitrogens with one attached hydrogen (secondary N) is 1. The molecule has 0 aromatic carbocycles. The van der Waals surface area contributed by atoms with Crippen molar-refractivity contribution in [3.8, 4) is 0 Å². The van der Waals surface area contributed by atoms with Crippen molar-refractivity contribution < 1.29 is 9.32 Å². The van der Waals surface area contributed by atoms with Crippen molar-refractivity contribution in [2.45, 2.75) is 38.5 Å². The van der Waals surface area contributed by atoms with Crippen LogP contribution >= 0.6 is 12.2 Å². The van der Waals surface area contributed by atoms with Crippen LogP contribution in [0, 0.1) is 5.41 Å². The van der Waals surface area contributed by atoms with Gasteiger partial charge < -0.3 is 15.6 Å². The first-order valence-corrected chi connectivity index (χ1v) is 6.90. The minimum atomic E-state index is -0.664. The predicted molar refractivity (Wildman–Crippen MR) is 73.3 cm³/mol. The maximum atomic E-state index is 12.3. The second-order valence-corrected chi connectivity index (χ2v) is 5.29. The summed E-state index contributed by atoms with van der Waals surface area (Å²) in [7, 11) is 0. The molecule has 1 aromatic heterocycles. The van der Waals surface area contributed by atoms with E-state index in [0.717, 1.165) is 32.1 Å². The predicted octanol–water partition coefficient (Wildman–Crippen LogP) is 0.965. The highest BCUT2D eigenvalue weighted by molar-refractivity contribution is 7.80. The van der Waals surface area contributed by atoms with Crippen LogP contribution < -0.4 is 11.1 Å². The number of hydrogen-bond acceptors (Lipinski definition) is 5. The molecule has 0 spiro atoms. The summed E-state index contributed by atoms with van der Waals surface area (Å²) in [5, 5.41) is 6.39. The zero-order chi connectivity index (χ0) is 13.7. The fourth-order valence-electron chi connectivity index (χ4n) is 2.50. The van der Waals surface area contributed by atoms with Gasteiger partial charge in [0.05, 0.1) is 10.4 Å². The summed E-state index contributed by atoms with van der Waals surface area (Å²) >= 11 is 5.11. The SMILES string of the molecule is NC(=S)C1(C(=O)NCCc2ncno2)CCCCC1. The molecule has 1 aromatic rings. The van der Waals surface area contributed by atoms with E-state index >= 15 is 0 Å². The first kappa shape index (κ1) is 13.9. The Kier molecular flexibility index (Phi) is 4.47. The molecule has 1 aliphatic rings. The van der Waals surface area contributed by atoms with Crippen LogP contribution in [0.15, 0.2) is 10.9 Å². The van der Waals surface area contributed by atoms with Crippen LogP contribution in [0.3, 0.4) is 0 Å². The zero-order valence-corrected chi connectivity index (χ0v) is 11.5. The third kappa shape index (κ3) is 3.09. The van der Waals surface area contributed by atoms with Gasteiger partial charge in [-0.1, -0.05) is 36.6 Å². The molecule has 2 rings (SSSR count). The molecule has 0 atom stereocenters. The topological polar surface area (TPSA) is 94.0 Å². The van der Waals surface area contributed by atoms with E-state index in [4.69, 9.17) is 22.5 Å². The van der Waals surface area contributed by atoms with Gasteiger partial charge >= 0.3 is 0 Å². The lowest BCUT2D eigenvalue weighted by molar-refractivity contribution is -0.128. The summed E-state index contributed by atoms with van der Waals surface area (Å²) < 4.78 is 4.87. The average molecular weight is 282 g/mol. The van der Waals surface area contributed by atoms with E-state index < -0.39 is 5.41 Å². The van der Waals surface area contributed by atoms with Gasteiger partial charge in [0.25, 0.3) is 0 Å². The molecule has 1 amide bonds. The molecular formula is C12H18N4O2S. The molecule has 104 valence electrons. The number of carbonyl (C=O) groups excluding carboxylic acids is 1. The minimum Gasteiger partial charge on any atom is -0.392 e. The van der Waals surface area contributed by atoms with Crippen molar-refractivity contribution in [2.24, 2.45) is 11.1 Å². The van der Waals surface area contributed by atoms with Gasteiger partial charge in [-0.25, -0.2) is 0 Å². The molecule has 0 saturated heterocycles. The standard InChI is InChI=1S/C12H18N4O2S/c13-10(19)12(5-2-1-3-6-12)11(17)14-7-4-9-15-8-16-18-9/h8H,1-7H2,(H2,13,19)(H,14,17). The largest absolute Gasteiger partial charge is 0.392 e. The Morgan fingerprint density at radius 2 is 2.21 bits per heavy atom. The fraction of sp³-hybridized carbons (Fsp3) is 0.667. The van der Waals surface area contributed by atoms with Gasteiger partial charge in [-0.15, -0.1) is 0 Å². The van der Waals surface area contributed by atoms with E-state index in [1.54, 1.807) is 0 Å². The van der Waals surface area contributed by atoms with Crippen molar-refractivity contribution in [3.63, 3.8) is 0 Å². The van der Waals surface area contributed by atoms with Crippen LogP contribution in [0.5, 0.6) is 0 Å². The monoisotopic (exact) mass is 282 g/mol. The van der Waals surface area contributed by atoms with E-state index in [-0.39, 0.29) is 5.91 Å². The summed E-state index contributed by atoms with van der Waals surface area (Å²) in [6.45, 7) is 0.450. The number of carbonyl (C=O) groups is 1. The average Bonchev–Trinajstić information content (AvgIpc) is 2.92. The highest BCUT2D eigenvalue weighted by Crippen LogP contribution is 2.36. The molecule has 1 heterocycles. The first-order chi connectivity index (χ1) is 9.15. The Hall–Kier alpha value is -1.50. The van der Waals surface area contributed by atoms with E-state index in [1.807, 2.05) is 0 Å². The third-order valence-electron chi connectivity index (χ3n) is 3.64. The number of thiocarbonyl (C=S) groups is 1. The Balaban J connectivity index is 1.91. The van der Waals surface area contributed by atoms with Crippen molar-refractivity contribution in [3.05, 3.63) is 12.2 Å². The van der Waals surface area contributed by atoms with Crippen molar-refractivity contribution in [1.29, 1.82) is 0 Å². The maximum absolute atomic E-state index is 12.3. The number of hydrogen-bond donors (Lipinski definition) is 2. The molecule has 1 saturated carbocycles. The molecule has 7 heteroatoms. The third-order valence-corrected chi connectivity index (χ3v) is 4.04. The van der Waals surface area contributed by atoms with Gasteiger partial charge in [0.1, 0.15) is 0 Å². The second-order valence-electron chi connectivity index (χ2n) is 4.85. The van der Waals surface area contributed by atoms with Crippen molar-refractivity contribution >= 4 is 23.1 Å². The number of rotatable bonds is 5. The van der Waals surface area contributed by atoms with Gasteiger partial charge in [0, 0.05) is 13.0 Å². The number of nitrogens with two attached hydrogens (primary N) is 1. The van der Waals surface area contributed by atoms with Gasteiger partial charge in [-0.3, -0.25) is 4.79 Å². The second kappa shape index (κ2) is 6.10. The van der Waals surface area contributed by atoms with Gasteiger partial charge in [-0.2, -0.15) is 4.98 Å². The van der Waals surface area contributed by atoms with Crippen molar-refractivity contribution in [2.75, 3.05) is 6.54 Å². The number of nitrogens with zero attached hydrogens (tertiary/aromatic N) is 2. The Labute approximate surface area is 117 Å². The summed E-state index contributed by atoms with van der Waals surface area (Å²) in [4.78, 5) is 16.6. The fourth-order valence-corrected chi connectivity index (χ4v) is 2.80. The summed E-state index contributed by atoms with van der Waals surface area (Å²) in [6.07, 6.45) is 6.47. The molecule has 0 bridgehead atoms. The molecule has 3 N–H and O–H groups in total. The first-order valence-electron chi connectivity index (χ1n) is 6.49. The van der Waals surface area contributed by atoms with Crippen LogP contribution in [0.25, 0.3) is 0 Å². The Bertz CT molecular complexity index is 441. The minimum absolute atomic E-state index is 0.0702. The van der Waals surface area contributed by atoms with Crippen LogP contribution in [-0.2, 0) is 11.2 Å². The quantitative estimate of drug-likeness (QED) is 0.781. The Morgan fingerprint density at radius 1 is 1.47 bits per heavy atom. The van der Waals surface area contributed by atoms with Gasteiger partial charge in [-0.05, 0) is 12.8 Å². The van der Waals surface area contributed by atoms with Gasteiger partial charge in [0.2, 0.25) is 11.8 Å². The maximum Gasteiger partial charge on any atom is 0.233 e. The summed E-state index contributed by atoms with van der Waals surface area (Å²) in [5.74, 6) is 0.438. The number of amides is 1. The van der Waals surface area contributed by atoms with E-state index in [9.17, 15) is 4.79 Å². The molecule has 0 unspecified atom stereocenters. The smallest absolute Gasteiger partial charge is 0.233 e. The van der Waals surface area contributed by atoms with Crippen LogP contribution in [0.1, 0.15) is 38.0 Å². The van der Waals surface area contributed by atoms with Crippen LogP contribution in [-0.4, -0.2) is 27.6 Å². The van der Waals surface area contributed by atoms with E-state index in [1.165, 1.54) is 6.33 Å². The summed E-state index contributed by atoms with van der Waals surface area (Å²) in [6, 6.07) is 0. The van der Waals surface area contributed by atoms with Crippen molar-refractivity contribution in [1.82, 2.24) is 15.5 Å². The normalized spacial score (nSPS) is 17.9. The van der Waals surface area contributed by atoms with E-state index in [2.05, 4.69) is 15.5 Å². The van der Waals surface area contributed by atoms with Crippen LogP contribution in [0.4, 0.5) is 0 Å². The van der Waals surface area contributed by atoms with E-state index in [0.29, 0.717) is 23.8 Å². The lowest BCUT2D eigenvalue weighted by Crippen LogP contribution is -2.50. The lowest BCUT2D eigenvalue weighted by Gasteiger charge is -2.34. The molecule has 1 fully saturated rings. The highest BCUT2D eigenvalue weighted by Gasteiger charge is 2.42. The molecular weight excluding hydrogens is 264 g/mol. The number of aromatic nitrogens is 2. The molecule has 0 radical (unpaired) electrons. The molecule has 0 aliphatic heterocycles. The zero-order valence-electron chi connectivity index (χ0n) is 10.7. The lowest BCUT2D eigenvalue weighted by atomic mass is 9.73. The molecule has 19 heavy (non-hydrogen) atoms. The highest BCUT2D eigenvalue weighted by atomic mass is 32.1. The Morgan fingerprint density at radius 3 is 2.79 bits per heavy atom. The van der Waals surface area contributed by atoms with Gasteiger partial charge in [0.15, 0.2) is 6.33 Å². The molecule has 1 aliphatic carbocycles. The molecule has 6 nitrogen and oxygen atoms in total. The summed E-state index contributed by atoms with van der Waals surface area (Å²) in [5.41, 5.74) is 5.13. The van der Waals surface area contributed by atoms with Crippen LogP contribution in [0.2, 0.25) is 0 Å².